The second-order valence-corrected chi connectivity index (χ2v) is 7.79. The third kappa shape index (κ3) is 4.39. The van der Waals surface area contributed by atoms with Crippen molar-refractivity contribution in [2.24, 2.45) is 5.92 Å². The van der Waals surface area contributed by atoms with Crippen molar-refractivity contribution >= 4 is 0 Å². The van der Waals surface area contributed by atoms with Gasteiger partial charge in [0.05, 0.1) is 32.9 Å². The minimum absolute atomic E-state index is 0.293. The van der Waals surface area contributed by atoms with Crippen LogP contribution >= 0.6 is 0 Å². The lowest BCUT2D eigenvalue weighted by atomic mass is 9.79. The average molecular weight is 350 g/mol. The molecule has 0 saturated heterocycles. The van der Waals surface area contributed by atoms with Crippen molar-refractivity contribution in [3.05, 3.63) is 17.7 Å². The molecule has 2 rings (SSSR count). The fraction of sp³-hybridized carbons (Fsp3) is 0.700. The van der Waals surface area contributed by atoms with E-state index in [1.165, 1.54) is 24.3 Å². The number of rotatable bonds is 6. The summed E-state index contributed by atoms with van der Waals surface area (Å²) in [4.78, 5) is 0. The molecule has 0 amide bonds. The summed E-state index contributed by atoms with van der Waals surface area (Å²) in [6, 6.07) is 3.38. The molecule has 1 aromatic carbocycles. The van der Waals surface area contributed by atoms with Gasteiger partial charge in [-0.3, -0.25) is 0 Å². The summed E-state index contributed by atoms with van der Waals surface area (Å²) >= 11 is 0. The monoisotopic (exact) mass is 350 g/mol. The Morgan fingerprint density at radius 1 is 0.960 bits per heavy atom. The van der Waals surface area contributed by atoms with Gasteiger partial charge in [0.25, 0.3) is 0 Å². The maximum absolute atomic E-state index is 13.3. The molecule has 1 saturated carbocycles. The molecular weight excluding hydrogens is 318 g/mol. The molecule has 1 radical (unpaired) electrons. The van der Waals surface area contributed by atoms with Gasteiger partial charge in [0, 0.05) is 17.7 Å². The summed E-state index contributed by atoms with van der Waals surface area (Å²) in [5, 5.41) is 14.6. The zero-order chi connectivity index (χ0) is 18.6. The zero-order valence-corrected chi connectivity index (χ0v) is 16.4. The first-order chi connectivity index (χ1) is 11.8. The first kappa shape index (κ1) is 19.9. The van der Waals surface area contributed by atoms with Crippen molar-refractivity contribution < 1.29 is 19.4 Å². The van der Waals surface area contributed by atoms with E-state index in [1.807, 2.05) is 32.9 Å². The number of methoxy groups -OCH3 is 3. The van der Waals surface area contributed by atoms with E-state index < -0.39 is 5.54 Å². The normalized spacial score (nSPS) is 17.4. The lowest BCUT2D eigenvalue weighted by Gasteiger charge is -2.41. The van der Waals surface area contributed by atoms with Gasteiger partial charge in [0.1, 0.15) is 17.2 Å². The van der Waals surface area contributed by atoms with Gasteiger partial charge in [0.15, 0.2) is 0 Å². The lowest BCUT2D eigenvalue weighted by Crippen LogP contribution is -2.43. The molecule has 1 aliphatic carbocycles. The van der Waals surface area contributed by atoms with E-state index in [2.05, 4.69) is 0 Å². The van der Waals surface area contributed by atoms with Gasteiger partial charge in [-0.15, -0.1) is 10.3 Å². The molecule has 25 heavy (non-hydrogen) atoms. The fourth-order valence-electron chi connectivity index (χ4n) is 3.74. The van der Waals surface area contributed by atoms with E-state index in [-0.39, 0.29) is 6.04 Å². The number of nitrogens with zero attached hydrogens (tertiary/aromatic N) is 1. The maximum atomic E-state index is 13.3. The molecule has 0 bridgehead atoms. The molecule has 1 aromatic rings. The van der Waals surface area contributed by atoms with Crippen LogP contribution in [0.25, 0.3) is 0 Å². The van der Waals surface area contributed by atoms with E-state index >= 15 is 0 Å². The quantitative estimate of drug-likeness (QED) is 0.693. The van der Waals surface area contributed by atoms with E-state index in [0.717, 1.165) is 18.4 Å². The second kappa shape index (κ2) is 8.28. The summed E-state index contributed by atoms with van der Waals surface area (Å²) in [5.41, 5.74) is 0.334. The molecule has 0 aliphatic heterocycles. The third-order valence-electron chi connectivity index (χ3n) is 5.06. The fourth-order valence-corrected chi connectivity index (χ4v) is 3.74. The molecule has 0 aromatic heterocycles. The Labute approximate surface area is 151 Å². The van der Waals surface area contributed by atoms with Gasteiger partial charge in [-0.25, -0.2) is 0 Å². The molecule has 1 fully saturated rings. The molecule has 1 aliphatic rings. The van der Waals surface area contributed by atoms with Gasteiger partial charge >= 0.3 is 0 Å². The highest BCUT2D eigenvalue weighted by Crippen LogP contribution is 2.48. The first-order valence-electron chi connectivity index (χ1n) is 9.09. The molecule has 1 atom stereocenters. The Kier molecular flexibility index (Phi) is 6.58. The summed E-state index contributed by atoms with van der Waals surface area (Å²) < 4.78 is 16.6. The Bertz CT molecular complexity index is 536. The van der Waals surface area contributed by atoms with Crippen LogP contribution in [0.5, 0.6) is 17.2 Å². The highest BCUT2D eigenvalue weighted by Gasteiger charge is 2.40. The Hall–Kier alpha value is -1.46. The average Bonchev–Trinajstić information content (AvgIpc) is 2.61. The van der Waals surface area contributed by atoms with Crippen LogP contribution in [0.2, 0.25) is 0 Å². The van der Waals surface area contributed by atoms with E-state index in [1.54, 1.807) is 21.3 Å². The number of hydroxylamine groups is 2. The summed E-state index contributed by atoms with van der Waals surface area (Å²) in [6.07, 6.45) is 5.68. The lowest BCUT2D eigenvalue weighted by molar-refractivity contribution is -0.254. The van der Waals surface area contributed by atoms with Crippen molar-refractivity contribution in [3.63, 3.8) is 0 Å². The van der Waals surface area contributed by atoms with Crippen molar-refractivity contribution in [2.45, 2.75) is 64.5 Å². The van der Waals surface area contributed by atoms with Crippen LogP contribution in [0.1, 0.15) is 64.5 Å². The molecule has 0 unspecified atom stereocenters. The van der Waals surface area contributed by atoms with E-state index in [4.69, 9.17) is 14.2 Å². The topological polar surface area (TPSA) is 50.8 Å². The van der Waals surface area contributed by atoms with E-state index in [9.17, 15) is 5.21 Å². The SMILES string of the molecule is COc1cc(OC)c([C@H](C2CCCCC2)N([O])C(C)(C)C)c(OC)c1. The van der Waals surface area contributed by atoms with Crippen molar-refractivity contribution in [3.8, 4) is 17.2 Å². The Morgan fingerprint density at radius 2 is 1.48 bits per heavy atom. The summed E-state index contributed by atoms with van der Waals surface area (Å²) in [5.74, 6) is 2.25. The molecule has 0 spiro atoms. The van der Waals surface area contributed by atoms with Gasteiger partial charge in [-0.05, 0) is 39.5 Å². The third-order valence-corrected chi connectivity index (χ3v) is 5.06. The number of hydrogen-bond donors (Lipinski definition) is 0. The van der Waals surface area contributed by atoms with Crippen LogP contribution in [0.4, 0.5) is 0 Å². The van der Waals surface area contributed by atoms with Crippen LogP contribution < -0.4 is 14.2 Å². The van der Waals surface area contributed by atoms with Gasteiger partial charge in [-0.2, -0.15) is 0 Å². The van der Waals surface area contributed by atoms with Crippen molar-refractivity contribution in [2.75, 3.05) is 21.3 Å². The molecule has 0 heterocycles. The van der Waals surface area contributed by atoms with Crippen LogP contribution in [0.15, 0.2) is 12.1 Å². The molecule has 0 N–H and O–H groups in total. The number of benzene rings is 1. The summed E-state index contributed by atoms with van der Waals surface area (Å²) in [6.45, 7) is 5.87. The smallest absolute Gasteiger partial charge is 0.131 e. The van der Waals surface area contributed by atoms with Crippen LogP contribution in [-0.2, 0) is 5.21 Å². The van der Waals surface area contributed by atoms with Crippen molar-refractivity contribution in [1.29, 1.82) is 0 Å². The molecule has 5 heteroatoms. The van der Waals surface area contributed by atoms with Crippen molar-refractivity contribution in [1.82, 2.24) is 5.06 Å². The molecular formula is C20H32NO4. The van der Waals surface area contributed by atoms with Crippen LogP contribution in [0.3, 0.4) is 0 Å². The predicted octanol–water partition coefficient (Wildman–Crippen LogP) is 4.78. The first-order valence-corrected chi connectivity index (χ1v) is 9.09. The molecule has 5 nitrogen and oxygen atoms in total. The zero-order valence-electron chi connectivity index (χ0n) is 16.4. The minimum atomic E-state index is -0.502. The Morgan fingerprint density at radius 3 is 1.88 bits per heavy atom. The largest absolute Gasteiger partial charge is 0.496 e. The Balaban J connectivity index is 2.59. The number of hydrogen-bond acceptors (Lipinski definition) is 4. The highest BCUT2D eigenvalue weighted by atomic mass is 16.5. The highest BCUT2D eigenvalue weighted by molar-refractivity contribution is 5.52. The maximum Gasteiger partial charge on any atom is 0.131 e. The van der Waals surface area contributed by atoms with Crippen LogP contribution in [0, 0.1) is 5.92 Å². The number of ether oxygens (including phenoxy) is 3. The van der Waals surface area contributed by atoms with E-state index in [0.29, 0.717) is 23.2 Å². The van der Waals surface area contributed by atoms with Gasteiger partial charge < -0.3 is 14.2 Å². The second-order valence-electron chi connectivity index (χ2n) is 7.79. The minimum Gasteiger partial charge on any atom is -0.496 e. The molecule has 141 valence electrons. The van der Waals surface area contributed by atoms with Gasteiger partial charge in [0.2, 0.25) is 0 Å². The predicted molar refractivity (Wildman–Crippen MR) is 97.7 cm³/mol. The standard InChI is InChI=1S/C20H32NO4/c1-20(2,3)21(22)19(14-10-8-7-9-11-14)18-16(24-5)12-15(23-4)13-17(18)25-6/h12-14,19H,7-11H2,1-6H3/t19-/m0/s1. The van der Waals surface area contributed by atoms with Gasteiger partial charge in [-0.1, -0.05) is 19.3 Å². The summed E-state index contributed by atoms with van der Waals surface area (Å²) in [7, 11) is 4.87. The van der Waals surface area contributed by atoms with Crippen LogP contribution in [-0.4, -0.2) is 31.9 Å².